The maximum absolute atomic E-state index is 13.6. The van der Waals surface area contributed by atoms with E-state index in [1.807, 2.05) is 127 Å². The quantitative estimate of drug-likeness (QED) is 0.0570. The number of para-hydroxylation sites is 6. The van der Waals surface area contributed by atoms with Crippen LogP contribution in [0.4, 0.5) is 49.4 Å². The van der Waals surface area contributed by atoms with Gasteiger partial charge in [0.25, 0.3) is 0 Å². The van der Waals surface area contributed by atoms with Gasteiger partial charge in [0.05, 0.1) is 22.2 Å². The highest BCUT2D eigenvalue weighted by Gasteiger charge is 2.44. The number of hydrogen-bond donors (Lipinski definition) is 0. The highest BCUT2D eigenvalue weighted by molar-refractivity contribution is 5.80. The smallest absolute Gasteiger partial charge is 0.419 e. The topological polar surface area (TPSA) is 279 Å². The van der Waals surface area contributed by atoms with Crippen molar-refractivity contribution in [3.63, 3.8) is 0 Å². The lowest BCUT2D eigenvalue weighted by Crippen LogP contribution is -2.49. The zero-order chi connectivity index (χ0) is 95.2. The number of fused-ring (bicyclic) bond motifs is 4. The molecule has 6 aromatic carbocycles. The van der Waals surface area contributed by atoms with E-state index in [1.54, 1.807) is 19.2 Å². The summed E-state index contributed by atoms with van der Waals surface area (Å²) < 4.78 is 114. The van der Waals surface area contributed by atoms with E-state index in [0.29, 0.717) is 82.1 Å². The first-order valence-corrected chi connectivity index (χ1v) is 46.7. The summed E-state index contributed by atoms with van der Waals surface area (Å²) in [6, 6.07) is 56.9. The summed E-state index contributed by atoms with van der Waals surface area (Å²) in [5.41, 5.74) is 9.31. The number of aromatic nitrogens is 18. The number of piperazine rings is 4. The molecule has 0 bridgehead atoms. The Morgan fingerprint density at radius 3 is 0.868 bits per heavy atom. The summed E-state index contributed by atoms with van der Waals surface area (Å²) in [6.45, 7) is 37.9. The molecule has 136 heavy (non-hydrogen) atoms. The third-order valence-corrected chi connectivity index (χ3v) is 25.7. The van der Waals surface area contributed by atoms with Crippen molar-refractivity contribution >= 4 is 66.9 Å². The van der Waals surface area contributed by atoms with Crippen LogP contribution in [0.5, 0.6) is 0 Å². The first kappa shape index (κ1) is 94.4. The van der Waals surface area contributed by atoms with Crippen LogP contribution in [-0.2, 0) is 36.5 Å². The van der Waals surface area contributed by atoms with Gasteiger partial charge in [0.1, 0.15) is 81.2 Å². The molecule has 4 fully saturated rings. The fraction of sp³-hybridized carbons (Fsp3) is 0.420. The number of rotatable bonds is 22. The van der Waals surface area contributed by atoms with Crippen molar-refractivity contribution in [1.82, 2.24) is 110 Å². The molecule has 0 aliphatic carbocycles. The Bertz CT molecular complexity index is 6490. The Morgan fingerprint density at radius 1 is 0.316 bits per heavy atom. The number of halogens is 6. The van der Waals surface area contributed by atoms with Gasteiger partial charge < -0.3 is 37.3 Å². The van der Waals surface area contributed by atoms with Crippen molar-refractivity contribution in [1.29, 1.82) is 0 Å². The predicted molar refractivity (Wildman–Crippen MR) is 509 cm³/mol. The zero-order valence-electron chi connectivity index (χ0n) is 78.9. The van der Waals surface area contributed by atoms with Crippen LogP contribution in [0, 0.1) is 27.7 Å². The summed E-state index contributed by atoms with van der Waals surface area (Å²) in [7, 11) is 0. The molecule has 16 aromatic rings. The number of aryl methyl sites for hydroxylation is 6. The minimum Gasteiger partial charge on any atom is -0.459 e. The molecule has 14 heterocycles. The number of pyridine rings is 2. The molecule has 4 unspecified atom stereocenters. The van der Waals surface area contributed by atoms with E-state index in [0.717, 1.165) is 164 Å². The molecule has 36 heteroatoms. The maximum Gasteiger partial charge on any atom is 0.419 e. The summed E-state index contributed by atoms with van der Waals surface area (Å²) in [6.07, 6.45) is -2.06. The molecular weight excluding hydrogens is 1740 g/mol. The minimum atomic E-state index is -4.47. The number of tetrazole rings is 4. The van der Waals surface area contributed by atoms with Gasteiger partial charge in [-0.1, -0.05) is 136 Å². The third kappa shape index (κ3) is 20.7. The molecule has 4 saturated heterocycles. The standard InChI is InChI=1S/2C26H32N6O.2C24H26F3N7O/c1-18-9-8-10-19(2)23(18)30-13-15-31(16-14-30)24(25-27-28-29-32(25)26(3,4)5)22-17-20-11-6-7-12-21(20)33-22;1-4-5-13-32-26(27-28-29-32)25(23-18-21-11-6-7-12-22(21)33-23)31-16-14-30(15-17-31)24-19(2)9-8-10-20(24)3;1-23(2,3)34-22(29-30-31-34)20(19-15-16-7-4-5-9-18(16)35-19)32-11-13-33(14-12-32)21-17(24(25,26)27)8-6-10-28-21;1-2-3-11-34-23(29-30-31-34)21(20-16-17-7-4-5-9-19(17)35-20)32-12-14-33(15-13-32)22-18(24(25,26)27)8-6-10-28-22/h6-12,17,24H,13-16H2,1-5H3;6-12,18,25H,4-5,13-17H2,1-3H3;4-10,15,20H,11-14H2,1-3H3;4-10,16,21H,2-3,11-15H2,1H3. The van der Waals surface area contributed by atoms with Crippen molar-refractivity contribution in [2.75, 3.05) is 124 Å². The van der Waals surface area contributed by atoms with Gasteiger partial charge in [0.15, 0.2) is 23.3 Å². The molecule has 4 atom stereocenters. The molecule has 0 saturated carbocycles. The van der Waals surface area contributed by atoms with Crippen LogP contribution in [0.25, 0.3) is 43.9 Å². The second-order valence-corrected chi connectivity index (χ2v) is 37.1. The highest BCUT2D eigenvalue weighted by atomic mass is 19.4. The molecule has 4 aliphatic heterocycles. The molecule has 0 N–H and O–H groups in total. The Labute approximate surface area is 785 Å². The van der Waals surface area contributed by atoms with E-state index in [-0.39, 0.29) is 40.8 Å². The van der Waals surface area contributed by atoms with Crippen molar-refractivity contribution in [2.24, 2.45) is 0 Å². The second kappa shape index (κ2) is 40.7. The van der Waals surface area contributed by atoms with Crippen LogP contribution in [0.15, 0.2) is 212 Å². The van der Waals surface area contributed by atoms with Gasteiger partial charge in [-0.05, 0) is 219 Å². The fourth-order valence-corrected chi connectivity index (χ4v) is 19.0. The lowest BCUT2D eigenvalue weighted by molar-refractivity contribution is -0.138. The third-order valence-electron chi connectivity index (χ3n) is 25.7. The lowest BCUT2D eigenvalue weighted by Gasteiger charge is -2.40. The van der Waals surface area contributed by atoms with Crippen LogP contribution in [0.2, 0.25) is 0 Å². The van der Waals surface area contributed by atoms with Gasteiger partial charge in [0, 0.05) is 163 Å². The number of alkyl halides is 6. The average molecular weight is 1860 g/mol. The van der Waals surface area contributed by atoms with Gasteiger partial charge in [-0.25, -0.2) is 28.7 Å². The normalized spacial score (nSPS) is 16.3. The summed E-state index contributed by atoms with van der Waals surface area (Å²) in [5.74, 6) is 6.09. The fourth-order valence-electron chi connectivity index (χ4n) is 19.0. The van der Waals surface area contributed by atoms with Crippen LogP contribution >= 0.6 is 0 Å². The summed E-state index contributed by atoms with van der Waals surface area (Å²) in [5, 5.41) is 54.8. The van der Waals surface area contributed by atoms with Crippen LogP contribution in [0.1, 0.15) is 185 Å². The van der Waals surface area contributed by atoms with E-state index < -0.39 is 29.5 Å². The molecular formula is C100H116F6N26O4. The van der Waals surface area contributed by atoms with Gasteiger partial charge in [0.2, 0.25) is 0 Å². The first-order chi connectivity index (χ1) is 65.6. The van der Waals surface area contributed by atoms with E-state index in [1.165, 1.54) is 58.2 Å². The molecule has 10 aromatic heterocycles. The van der Waals surface area contributed by atoms with Crippen LogP contribution < -0.4 is 19.6 Å². The van der Waals surface area contributed by atoms with Crippen molar-refractivity contribution in [2.45, 2.75) is 169 Å². The van der Waals surface area contributed by atoms with Crippen molar-refractivity contribution in [3.05, 3.63) is 274 Å². The number of unbranched alkanes of at least 4 members (excludes halogenated alkanes) is 2. The minimum absolute atomic E-state index is 0.0345. The Hall–Kier alpha value is -13.3. The van der Waals surface area contributed by atoms with Gasteiger partial charge >= 0.3 is 12.4 Å². The average Bonchev–Trinajstić information content (AvgIpc) is 1.61. The predicted octanol–water partition coefficient (Wildman–Crippen LogP) is 18.5. The molecule has 712 valence electrons. The van der Waals surface area contributed by atoms with E-state index >= 15 is 0 Å². The maximum atomic E-state index is 13.6. The van der Waals surface area contributed by atoms with Gasteiger partial charge in [-0.3, -0.25) is 19.6 Å². The molecule has 0 amide bonds. The molecule has 4 aliphatic rings. The largest absolute Gasteiger partial charge is 0.459 e. The van der Waals surface area contributed by atoms with E-state index in [9.17, 15) is 26.3 Å². The number of nitrogens with zero attached hydrogens (tertiary/aromatic N) is 26. The molecule has 30 nitrogen and oxygen atoms in total. The SMILES string of the molecule is CC(C)(C)n1nnnc1C(c1cc2ccccc2o1)N1CCN(c2ncccc2C(F)(F)F)CC1.CCCCn1nnnc1C(c1cc2ccccc2o1)N1CCN(c2c(C)cccc2C)CC1.CCCCn1nnnc1C(c1cc2ccccc2o1)N1CCN(c2ncccc2C(F)(F)F)CC1.Cc1cccc(C)c1N1CCN(C(c2cc3ccccc3o2)c2nnnn2C(C)(C)C)CC1. The Morgan fingerprint density at radius 2 is 0.588 bits per heavy atom. The summed E-state index contributed by atoms with van der Waals surface area (Å²) >= 11 is 0. The number of furan rings is 4. The Kier molecular flexibility index (Phi) is 28.3. The summed E-state index contributed by atoms with van der Waals surface area (Å²) in [4.78, 5) is 25.7. The van der Waals surface area contributed by atoms with Crippen LogP contribution in [-0.4, -0.2) is 215 Å². The van der Waals surface area contributed by atoms with Gasteiger partial charge in [-0.15, -0.1) is 20.4 Å². The monoisotopic (exact) mass is 1860 g/mol. The number of benzene rings is 6. The van der Waals surface area contributed by atoms with Crippen molar-refractivity contribution < 1.29 is 44.0 Å². The van der Waals surface area contributed by atoms with Crippen molar-refractivity contribution in [3.8, 4) is 0 Å². The lowest BCUT2D eigenvalue weighted by atomic mass is 10.0. The van der Waals surface area contributed by atoms with Crippen LogP contribution in [0.3, 0.4) is 0 Å². The molecule has 20 rings (SSSR count). The second-order valence-electron chi connectivity index (χ2n) is 37.1. The molecule has 0 spiro atoms. The first-order valence-electron chi connectivity index (χ1n) is 46.7. The molecule has 0 radical (unpaired) electrons. The number of anilines is 4. The Balaban J connectivity index is 0.000000126. The zero-order valence-corrected chi connectivity index (χ0v) is 78.9. The van der Waals surface area contributed by atoms with E-state index in [4.69, 9.17) is 17.7 Å². The highest BCUT2D eigenvalue weighted by Crippen LogP contribution is 2.44. The number of hydrogen-bond acceptors (Lipinski definition) is 26. The van der Waals surface area contributed by atoms with E-state index in [2.05, 4.69) is 224 Å². The van der Waals surface area contributed by atoms with Gasteiger partial charge in [-0.2, -0.15) is 26.3 Å².